The summed E-state index contributed by atoms with van der Waals surface area (Å²) in [6.45, 7) is 3.52. The van der Waals surface area contributed by atoms with Crippen molar-refractivity contribution in [2.75, 3.05) is 6.54 Å². The van der Waals surface area contributed by atoms with Gasteiger partial charge >= 0.3 is 0 Å². The van der Waals surface area contributed by atoms with Crippen molar-refractivity contribution in [3.05, 3.63) is 35.4 Å². The summed E-state index contributed by atoms with van der Waals surface area (Å²) in [5.74, 6) is 1.79. The second-order valence-electron chi connectivity index (χ2n) is 5.94. The van der Waals surface area contributed by atoms with Crippen LogP contribution in [0, 0.1) is 5.92 Å². The second-order valence-corrected chi connectivity index (χ2v) is 5.94. The van der Waals surface area contributed by atoms with Crippen molar-refractivity contribution in [2.45, 2.75) is 51.0 Å². The van der Waals surface area contributed by atoms with Crippen LogP contribution in [-0.4, -0.2) is 12.6 Å². The summed E-state index contributed by atoms with van der Waals surface area (Å²) in [5.41, 5.74) is 3.14. The third-order valence-corrected chi connectivity index (χ3v) is 4.59. The lowest BCUT2D eigenvalue weighted by molar-refractivity contribution is 0.264. The van der Waals surface area contributed by atoms with Crippen LogP contribution in [0.25, 0.3) is 0 Å². The SMILES string of the molecule is CC(CC1CCC1)NCC1Cc2ccccc21. The van der Waals surface area contributed by atoms with Gasteiger partial charge in [0.25, 0.3) is 0 Å². The van der Waals surface area contributed by atoms with E-state index in [2.05, 4.69) is 36.5 Å². The van der Waals surface area contributed by atoms with Crippen molar-refractivity contribution in [1.29, 1.82) is 0 Å². The minimum Gasteiger partial charge on any atom is -0.314 e. The maximum absolute atomic E-state index is 3.72. The molecular weight excluding hydrogens is 206 g/mol. The molecule has 1 aromatic carbocycles. The molecule has 0 amide bonds. The van der Waals surface area contributed by atoms with E-state index in [-0.39, 0.29) is 0 Å². The fourth-order valence-corrected chi connectivity index (χ4v) is 3.20. The summed E-state index contributed by atoms with van der Waals surface area (Å²) < 4.78 is 0. The van der Waals surface area contributed by atoms with Gasteiger partial charge in [-0.1, -0.05) is 43.5 Å². The first-order chi connectivity index (χ1) is 8.33. The Hall–Kier alpha value is -0.820. The van der Waals surface area contributed by atoms with E-state index in [1.54, 1.807) is 11.1 Å². The van der Waals surface area contributed by atoms with Crippen molar-refractivity contribution in [3.63, 3.8) is 0 Å². The molecule has 1 nitrogen and oxygen atoms in total. The molecule has 2 aliphatic carbocycles. The first-order valence-corrected chi connectivity index (χ1v) is 7.14. The maximum Gasteiger partial charge on any atom is 0.00416 e. The van der Waals surface area contributed by atoms with Gasteiger partial charge in [-0.15, -0.1) is 0 Å². The van der Waals surface area contributed by atoms with E-state index in [1.165, 1.54) is 38.6 Å². The van der Waals surface area contributed by atoms with Crippen LogP contribution in [0.1, 0.15) is 49.7 Å². The third-order valence-electron chi connectivity index (χ3n) is 4.59. The number of benzene rings is 1. The molecule has 3 rings (SSSR count). The van der Waals surface area contributed by atoms with Crippen LogP contribution >= 0.6 is 0 Å². The molecule has 1 N–H and O–H groups in total. The highest BCUT2D eigenvalue weighted by atomic mass is 14.9. The van der Waals surface area contributed by atoms with Crippen LogP contribution in [0.3, 0.4) is 0 Å². The van der Waals surface area contributed by atoms with E-state index >= 15 is 0 Å². The van der Waals surface area contributed by atoms with Crippen LogP contribution in [0.4, 0.5) is 0 Å². The predicted molar refractivity (Wildman–Crippen MR) is 72.3 cm³/mol. The lowest BCUT2D eigenvalue weighted by atomic mass is 9.77. The molecule has 0 heterocycles. The molecule has 2 unspecified atom stereocenters. The molecule has 1 saturated carbocycles. The first kappa shape index (κ1) is 11.3. The zero-order valence-corrected chi connectivity index (χ0v) is 10.8. The predicted octanol–water partition coefficient (Wildman–Crippen LogP) is 3.49. The summed E-state index contributed by atoms with van der Waals surface area (Å²) in [6, 6.07) is 9.59. The monoisotopic (exact) mass is 229 g/mol. The number of hydrogen-bond donors (Lipinski definition) is 1. The molecule has 0 radical (unpaired) electrons. The first-order valence-electron chi connectivity index (χ1n) is 7.14. The highest BCUT2D eigenvalue weighted by molar-refractivity contribution is 5.40. The van der Waals surface area contributed by atoms with Gasteiger partial charge in [0.15, 0.2) is 0 Å². The van der Waals surface area contributed by atoms with Crippen LogP contribution in [0.5, 0.6) is 0 Å². The van der Waals surface area contributed by atoms with Gasteiger partial charge in [-0.2, -0.15) is 0 Å². The number of rotatable bonds is 5. The summed E-state index contributed by atoms with van der Waals surface area (Å²) in [7, 11) is 0. The van der Waals surface area contributed by atoms with Crippen LogP contribution in [0.15, 0.2) is 24.3 Å². The average Bonchev–Trinajstić information content (AvgIpc) is 2.25. The topological polar surface area (TPSA) is 12.0 Å². The van der Waals surface area contributed by atoms with E-state index < -0.39 is 0 Å². The molecular formula is C16H23N. The summed E-state index contributed by atoms with van der Waals surface area (Å²) in [6.07, 6.45) is 7.07. The maximum atomic E-state index is 3.72. The van der Waals surface area contributed by atoms with E-state index in [1.807, 2.05) is 0 Å². The van der Waals surface area contributed by atoms with Crippen molar-refractivity contribution in [3.8, 4) is 0 Å². The minimum atomic E-state index is 0.702. The fourth-order valence-electron chi connectivity index (χ4n) is 3.20. The van der Waals surface area contributed by atoms with Crippen molar-refractivity contribution in [1.82, 2.24) is 5.32 Å². The lowest BCUT2D eigenvalue weighted by Crippen LogP contribution is -2.36. The Bertz CT molecular complexity index is 381. The fraction of sp³-hybridized carbons (Fsp3) is 0.625. The number of hydrogen-bond acceptors (Lipinski definition) is 1. The standard InChI is InChI=1S/C16H23N/c1-12(9-13-5-4-6-13)17-11-15-10-14-7-2-3-8-16(14)15/h2-3,7-8,12-13,15,17H,4-6,9-11H2,1H3. The van der Waals surface area contributed by atoms with Crippen LogP contribution < -0.4 is 5.32 Å². The molecule has 0 aliphatic heterocycles. The molecule has 17 heavy (non-hydrogen) atoms. The van der Waals surface area contributed by atoms with E-state index in [0.29, 0.717) is 6.04 Å². The summed E-state index contributed by atoms with van der Waals surface area (Å²) in [4.78, 5) is 0. The van der Waals surface area contributed by atoms with Gasteiger partial charge in [-0.05, 0) is 36.8 Å². The van der Waals surface area contributed by atoms with E-state index in [0.717, 1.165) is 11.8 Å². The largest absolute Gasteiger partial charge is 0.314 e. The molecule has 0 spiro atoms. The molecule has 2 aliphatic rings. The van der Waals surface area contributed by atoms with Crippen molar-refractivity contribution in [2.24, 2.45) is 5.92 Å². The molecule has 1 fully saturated rings. The highest BCUT2D eigenvalue weighted by Gasteiger charge is 2.26. The molecule has 92 valence electrons. The van der Waals surface area contributed by atoms with Crippen molar-refractivity contribution < 1.29 is 0 Å². The quantitative estimate of drug-likeness (QED) is 0.815. The molecule has 1 aromatic rings. The van der Waals surface area contributed by atoms with Gasteiger partial charge in [0.1, 0.15) is 0 Å². The average molecular weight is 229 g/mol. The zero-order chi connectivity index (χ0) is 11.7. The van der Waals surface area contributed by atoms with Crippen LogP contribution in [-0.2, 0) is 6.42 Å². The normalized spacial score (nSPS) is 24.6. The smallest absolute Gasteiger partial charge is 0.00416 e. The molecule has 1 heteroatoms. The van der Waals surface area contributed by atoms with E-state index in [4.69, 9.17) is 0 Å². The van der Waals surface area contributed by atoms with E-state index in [9.17, 15) is 0 Å². The van der Waals surface area contributed by atoms with Gasteiger partial charge in [0.05, 0.1) is 0 Å². The minimum absolute atomic E-state index is 0.702. The molecule has 0 saturated heterocycles. The van der Waals surface area contributed by atoms with Crippen molar-refractivity contribution >= 4 is 0 Å². The van der Waals surface area contributed by atoms with Gasteiger partial charge < -0.3 is 5.32 Å². The van der Waals surface area contributed by atoms with Gasteiger partial charge in [0.2, 0.25) is 0 Å². The molecule has 2 atom stereocenters. The summed E-state index contributed by atoms with van der Waals surface area (Å²) in [5, 5.41) is 3.72. The summed E-state index contributed by atoms with van der Waals surface area (Å²) >= 11 is 0. The lowest BCUT2D eigenvalue weighted by Gasteiger charge is -2.33. The highest BCUT2D eigenvalue weighted by Crippen LogP contribution is 2.34. The molecule has 0 aromatic heterocycles. The third kappa shape index (κ3) is 2.40. The Kier molecular flexibility index (Phi) is 3.19. The van der Waals surface area contributed by atoms with Gasteiger partial charge in [0, 0.05) is 18.5 Å². The van der Waals surface area contributed by atoms with Gasteiger partial charge in [-0.25, -0.2) is 0 Å². The number of nitrogens with one attached hydrogen (secondary N) is 1. The Morgan fingerprint density at radius 2 is 2.12 bits per heavy atom. The Labute approximate surface area is 105 Å². The van der Waals surface area contributed by atoms with Crippen LogP contribution in [0.2, 0.25) is 0 Å². The Morgan fingerprint density at radius 1 is 1.29 bits per heavy atom. The van der Waals surface area contributed by atoms with Gasteiger partial charge in [-0.3, -0.25) is 0 Å². The number of fused-ring (bicyclic) bond motifs is 1. The second kappa shape index (κ2) is 4.81. The molecule has 0 bridgehead atoms. The Balaban J connectivity index is 1.43. The zero-order valence-electron chi connectivity index (χ0n) is 10.8. The Morgan fingerprint density at radius 3 is 2.82 bits per heavy atom.